The van der Waals surface area contributed by atoms with Crippen molar-refractivity contribution in [3.05, 3.63) is 17.5 Å². The molecule has 1 aromatic rings. The van der Waals surface area contributed by atoms with E-state index in [-0.39, 0.29) is 0 Å². The van der Waals surface area contributed by atoms with E-state index in [1.54, 1.807) is 0 Å². The highest BCUT2D eigenvalue weighted by atomic mass is 32.2. The molecule has 0 saturated heterocycles. The third-order valence-electron chi connectivity index (χ3n) is 2.75. The van der Waals surface area contributed by atoms with Gasteiger partial charge in [0.15, 0.2) is 0 Å². The largest absolute Gasteiger partial charge is 0.272 e. The molecule has 0 fully saturated rings. The first-order chi connectivity index (χ1) is 7.71. The zero-order valence-electron chi connectivity index (χ0n) is 10.4. The first kappa shape index (κ1) is 13.5. The standard InChI is InChI=1S/C11H22N4S/c1-4-9-7-11(15(2)14-9)8-10(13-12)5-6-16-3/h7,10,13H,4-6,8,12H2,1-3H3. The lowest BCUT2D eigenvalue weighted by Crippen LogP contribution is -2.37. The van der Waals surface area contributed by atoms with Gasteiger partial charge < -0.3 is 0 Å². The maximum atomic E-state index is 5.56. The van der Waals surface area contributed by atoms with E-state index in [0.717, 1.165) is 30.7 Å². The first-order valence-corrected chi connectivity index (χ1v) is 7.07. The Balaban J connectivity index is 2.58. The smallest absolute Gasteiger partial charge is 0.0624 e. The number of hydrogen-bond donors (Lipinski definition) is 2. The Labute approximate surface area is 102 Å². The van der Waals surface area contributed by atoms with E-state index in [1.165, 1.54) is 5.69 Å². The number of aryl methyl sites for hydroxylation is 2. The summed E-state index contributed by atoms with van der Waals surface area (Å²) in [6.45, 7) is 2.12. The highest BCUT2D eigenvalue weighted by Crippen LogP contribution is 2.09. The van der Waals surface area contributed by atoms with Crippen LogP contribution in [0.1, 0.15) is 24.7 Å². The van der Waals surface area contributed by atoms with E-state index in [2.05, 4.69) is 29.8 Å². The molecule has 0 saturated carbocycles. The second kappa shape index (κ2) is 6.93. The van der Waals surface area contributed by atoms with Crippen LogP contribution in [0.4, 0.5) is 0 Å². The van der Waals surface area contributed by atoms with Crippen molar-refractivity contribution < 1.29 is 0 Å². The van der Waals surface area contributed by atoms with E-state index >= 15 is 0 Å². The van der Waals surface area contributed by atoms with Crippen LogP contribution in [0.15, 0.2) is 6.07 Å². The number of hydrazine groups is 1. The average Bonchev–Trinajstić information content (AvgIpc) is 2.65. The van der Waals surface area contributed by atoms with Crippen molar-refractivity contribution in [2.24, 2.45) is 12.9 Å². The van der Waals surface area contributed by atoms with E-state index in [0.29, 0.717) is 6.04 Å². The molecule has 0 amide bonds. The molecule has 3 N–H and O–H groups in total. The Bertz CT molecular complexity index is 311. The van der Waals surface area contributed by atoms with Crippen LogP contribution in [0.3, 0.4) is 0 Å². The summed E-state index contributed by atoms with van der Waals surface area (Å²) >= 11 is 1.85. The van der Waals surface area contributed by atoms with Gasteiger partial charge in [-0.05, 0) is 30.9 Å². The van der Waals surface area contributed by atoms with Crippen LogP contribution in [0.2, 0.25) is 0 Å². The number of hydrogen-bond acceptors (Lipinski definition) is 4. The number of aromatic nitrogens is 2. The molecule has 1 atom stereocenters. The minimum absolute atomic E-state index is 0.340. The van der Waals surface area contributed by atoms with E-state index < -0.39 is 0 Å². The zero-order chi connectivity index (χ0) is 12.0. The molecule has 0 aliphatic carbocycles. The van der Waals surface area contributed by atoms with Gasteiger partial charge in [0.05, 0.1) is 5.69 Å². The second-order valence-electron chi connectivity index (χ2n) is 3.95. The summed E-state index contributed by atoms with van der Waals surface area (Å²) in [6.07, 6.45) is 5.14. The molecular weight excluding hydrogens is 220 g/mol. The molecule has 1 rings (SSSR count). The second-order valence-corrected chi connectivity index (χ2v) is 4.94. The van der Waals surface area contributed by atoms with Crippen LogP contribution in [0.25, 0.3) is 0 Å². The lowest BCUT2D eigenvalue weighted by Gasteiger charge is -2.14. The Morgan fingerprint density at radius 1 is 1.62 bits per heavy atom. The lowest BCUT2D eigenvalue weighted by molar-refractivity contribution is 0.498. The summed E-state index contributed by atoms with van der Waals surface area (Å²) in [6, 6.07) is 2.51. The SMILES string of the molecule is CCc1cc(CC(CCSC)NN)n(C)n1. The summed E-state index contributed by atoms with van der Waals surface area (Å²) < 4.78 is 1.96. The molecule has 0 aromatic carbocycles. The fraction of sp³-hybridized carbons (Fsp3) is 0.727. The molecule has 5 heteroatoms. The molecule has 0 spiro atoms. The number of rotatable bonds is 7. The first-order valence-electron chi connectivity index (χ1n) is 5.68. The highest BCUT2D eigenvalue weighted by Gasteiger charge is 2.11. The van der Waals surface area contributed by atoms with Gasteiger partial charge in [-0.15, -0.1) is 0 Å². The van der Waals surface area contributed by atoms with Crippen molar-refractivity contribution in [2.45, 2.75) is 32.2 Å². The molecular formula is C11H22N4S. The van der Waals surface area contributed by atoms with Gasteiger partial charge >= 0.3 is 0 Å². The van der Waals surface area contributed by atoms with Crippen LogP contribution < -0.4 is 11.3 Å². The molecule has 0 aliphatic heterocycles. The molecule has 1 heterocycles. The fourth-order valence-corrected chi connectivity index (χ4v) is 2.21. The number of nitrogens with zero attached hydrogens (tertiary/aromatic N) is 2. The highest BCUT2D eigenvalue weighted by molar-refractivity contribution is 7.98. The number of nitrogens with one attached hydrogen (secondary N) is 1. The summed E-state index contributed by atoms with van der Waals surface area (Å²) in [4.78, 5) is 0. The average molecular weight is 242 g/mol. The van der Waals surface area contributed by atoms with Gasteiger partial charge in [0, 0.05) is 25.2 Å². The van der Waals surface area contributed by atoms with E-state index in [9.17, 15) is 0 Å². The molecule has 1 unspecified atom stereocenters. The fourth-order valence-electron chi connectivity index (χ4n) is 1.69. The predicted octanol–water partition coefficient (Wildman–Crippen LogP) is 1.11. The van der Waals surface area contributed by atoms with Crippen molar-refractivity contribution in [2.75, 3.05) is 12.0 Å². The van der Waals surface area contributed by atoms with Gasteiger partial charge in [0.25, 0.3) is 0 Å². The van der Waals surface area contributed by atoms with E-state index in [4.69, 9.17) is 5.84 Å². The molecule has 0 radical (unpaired) electrons. The van der Waals surface area contributed by atoms with Crippen molar-refractivity contribution in [3.63, 3.8) is 0 Å². The maximum absolute atomic E-state index is 5.56. The van der Waals surface area contributed by atoms with Crippen molar-refractivity contribution in [3.8, 4) is 0 Å². The van der Waals surface area contributed by atoms with Gasteiger partial charge in [-0.3, -0.25) is 16.0 Å². The van der Waals surface area contributed by atoms with Crippen LogP contribution in [0, 0.1) is 0 Å². The molecule has 0 aliphatic rings. The molecule has 16 heavy (non-hydrogen) atoms. The molecule has 1 aromatic heterocycles. The number of nitrogens with two attached hydrogens (primary N) is 1. The zero-order valence-corrected chi connectivity index (χ0v) is 11.2. The van der Waals surface area contributed by atoms with Crippen molar-refractivity contribution >= 4 is 11.8 Å². The van der Waals surface area contributed by atoms with E-state index in [1.807, 2.05) is 23.5 Å². The normalized spacial score (nSPS) is 13.0. The minimum atomic E-state index is 0.340. The predicted molar refractivity (Wildman–Crippen MR) is 70.4 cm³/mol. The van der Waals surface area contributed by atoms with Crippen LogP contribution in [-0.2, 0) is 19.9 Å². The van der Waals surface area contributed by atoms with Crippen molar-refractivity contribution in [1.82, 2.24) is 15.2 Å². The van der Waals surface area contributed by atoms with Gasteiger partial charge in [-0.25, -0.2) is 0 Å². The Morgan fingerprint density at radius 3 is 2.88 bits per heavy atom. The Morgan fingerprint density at radius 2 is 2.38 bits per heavy atom. The van der Waals surface area contributed by atoms with Crippen LogP contribution in [0.5, 0.6) is 0 Å². The van der Waals surface area contributed by atoms with Gasteiger partial charge in [-0.2, -0.15) is 16.9 Å². The summed E-state index contributed by atoms with van der Waals surface area (Å²) in [7, 11) is 2.00. The maximum Gasteiger partial charge on any atom is 0.0624 e. The number of thioether (sulfide) groups is 1. The lowest BCUT2D eigenvalue weighted by atomic mass is 10.1. The Hall–Kier alpha value is -0.520. The minimum Gasteiger partial charge on any atom is -0.272 e. The molecule has 4 nitrogen and oxygen atoms in total. The summed E-state index contributed by atoms with van der Waals surface area (Å²) in [5, 5.41) is 4.44. The summed E-state index contributed by atoms with van der Waals surface area (Å²) in [5.41, 5.74) is 5.29. The van der Waals surface area contributed by atoms with Crippen LogP contribution in [-0.4, -0.2) is 27.8 Å². The molecule has 0 bridgehead atoms. The third kappa shape index (κ3) is 3.81. The molecule has 92 valence electrons. The summed E-state index contributed by atoms with van der Waals surface area (Å²) in [5.74, 6) is 6.69. The Kier molecular flexibility index (Phi) is 5.87. The topological polar surface area (TPSA) is 55.9 Å². The van der Waals surface area contributed by atoms with Crippen molar-refractivity contribution in [1.29, 1.82) is 0 Å². The third-order valence-corrected chi connectivity index (χ3v) is 3.40. The van der Waals surface area contributed by atoms with Gasteiger partial charge in [0.1, 0.15) is 0 Å². The van der Waals surface area contributed by atoms with Crippen LogP contribution >= 0.6 is 11.8 Å². The van der Waals surface area contributed by atoms with Gasteiger partial charge in [-0.1, -0.05) is 6.92 Å². The monoisotopic (exact) mass is 242 g/mol. The quantitative estimate of drug-likeness (QED) is 0.555. The van der Waals surface area contributed by atoms with Gasteiger partial charge in [0.2, 0.25) is 0 Å².